The highest BCUT2D eigenvalue weighted by Crippen LogP contribution is 2.35. The molecule has 7 nitrogen and oxygen atoms in total. The summed E-state index contributed by atoms with van der Waals surface area (Å²) < 4.78 is 2.46. The number of amides is 1. The summed E-state index contributed by atoms with van der Waals surface area (Å²) in [5.41, 5.74) is 4.41. The zero-order valence-electron chi connectivity index (χ0n) is 20.5. The van der Waals surface area contributed by atoms with Gasteiger partial charge in [-0.15, -0.1) is 0 Å². The Balaban J connectivity index is 1.10. The number of likely N-dealkylation sites (tertiary alicyclic amines) is 2. The zero-order chi connectivity index (χ0) is 24.3. The quantitative estimate of drug-likeness (QED) is 0.419. The Hall–Kier alpha value is -3.58. The molecule has 5 heterocycles. The fourth-order valence-corrected chi connectivity index (χ4v) is 5.87. The summed E-state index contributed by atoms with van der Waals surface area (Å²) in [4.78, 5) is 22.5. The molecule has 4 aromatic rings. The Labute approximate surface area is 211 Å². The van der Waals surface area contributed by atoms with Gasteiger partial charge < -0.3 is 9.47 Å². The van der Waals surface area contributed by atoms with Gasteiger partial charge in [0.25, 0.3) is 0 Å². The molecule has 2 aliphatic rings. The van der Waals surface area contributed by atoms with Crippen molar-refractivity contribution in [3.63, 3.8) is 0 Å². The van der Waals surface area contributed by atoms with Gasteiger partial charge in [-0.1, -0.05) is 24.3 Å². The summed E-state index contributed by atoms with van der Waals surface area (Å²) in [6, 6.07) is 21.2. The summed E-state index contributed by atoms with van der Waals surface area (Å²) in [6.07, 6.45) is 7.34. The second-order valence-corrected chi connectivity index (χ2v) is 10.00. The number of pyridine rings is 1. The van der Waals surface area contributed by atoms with Crippen molar-refractivity contribution in [2.24, 2.45) is 5.92 Å². The first-order valence-corrected chi connectivity index (χ1v) is 13.1. The maximum atomic E-state index is 13.4. The molecule has 0 saturated carbocycles. The summed E-state index contributed by atoms with van der Waals surface area (Å²) in [5, 5.41) is 9.42. The Bertz CT molecular complexity index is 1310. The largest absolute Gasteiger partial charge is 0.342 e. The van der Waals surface area contributed by atoms with Crippen molar-refractivity contribution in [1.29, 1.82) is 0 Å². The van der Waals surface area contributed by atoms with Crippen LogP contribution in [0.25, 0.3) is 22.3 Å². The molecule has 3 aromatic heterocycles. The average molecular weight is 481 g/mol. The van der Waals surface area contributed by atoms with E-state index in [4.69, 9.17) is 0 Å². The van der Waals surface area contributed by atoms with Crippen molar-refractivity contribution >= 4 is 16.8 Å². The maximum absolute atomic E-state index is 13.4. The minimum Gasteiger partial charge on any atom is -0.342 e. The molecular formula is C29H32N6O. The fraction of sp³-hybridized carbons (Fsp3) is 0.379. The molecule has 2 saturated heterocycles. The van der Waals surface area contributed by atoms with Crippen LogP contribution in [0.4, 0.5) is 0 Å². The van der Waals surface area contributed by atoms with Crippen molar-refractivity contribution in [1.82, 2.24) is 29.5 Å². The van der Waals surface area contributed by atoms with E-state index in [1.165, 1.54) is 10.9 Å². The summed E-state index contributed by atoms with van der Waals surface area (Å²) in [6.45, 7) is 4.32. The van der Waals surface area contributed by atoms with Crippen LogP contribution in [0.5, 0.6) is 0 Å². The van der Waals surface area contributed by atoms with E-state index in [9.17, 15) is 4.79 Å². The molecule has 2 aliphatic heterocycles. The Morgan fingerprint density at radius 1 is 0.861 bits per heavy atom. The van der Waals surface area contributed by atoms with Crippen LogP contribution in [0.15, 0.2) is 73.1 Å². The van der Waals surface area contributed by atoms with Crippen LogP contribution >= 0.6 is 0 Å². The number of hydrogen-bond acceptors (Lipinski definition) is 5. The monoisotopic (exact) mass is 480 g/mol. The third-order valence-corrected chi connectivity index (χ3v) is 7.77. The van der Waals surface area contributed by atoms with Crippen molar-refractivity contribution in [2.45, 2.75) is 38.3 Å². The van der Waals surface area contributed by atoms with Crippen molar-refractivity contribution in [3.05, 3.63) is 78.8 Å². The summed E-state index contributed by atoms with van der Waals surface area (Å²) in [5.74, 6) is 0.478. The third-order valence-electron chi connectivity index (χ3n) is 7.77. The highest BCUT2D eigenvalue weighted by molar-refractivity contribution is 5.86. The number of aromatic nitrogens is 4. The number of nitrogens with zero attached hydrogens (tertiary/aromatic N) is 6. The summed E-state index contributed by atoms with van der Waals surface area (Å²) >= 11 is 0. The lowest BCUT2D eigenvalue weighted by atomic mass is 9.93. The van der Waals surface area contributed by atoms with Gasteiger partial charge in [0.1, 0.15) is 0 Å². The topological polar surface area (TPSA) is 67.2 Å². The number of carbonyl (C=O) groups excluding carboxylic acids is 1. The standard InChI is InChI=1S/C29H32N6O/c36-29(22-10-16-33(17-11-22)21-24-7-5-15-31-32-24)34-18-12-25(13-19-34)35-27-9-2-1-6-23(27)20-28(35)26-8-3-4-14-30-26/h1-9,14-15,20,22,25H,10-13,16-19,21H2. The SMILES string of the molecule is O=C(C1CCN(Cc2cccnn2)CC1)N1CCC(n2c(-c3ccccn3)cc3ccccc32)CC1. The molecule has 184 valence electrons. The highest BCUT2D eigenvalue weighted by Gasteiger charge is 2.32. The molecule has 0 radical (unpaired) electrons. The van der Waals surface area contributed by atoms with E-state index in [0.717, 1.165) is 75.5 Å². The second-order valence-electron chi connectivity index (χ2n) is 10.00. The molecule has 7 heteroatoms. The maximum Gasteiger partial charge on any atom is 0.225 e. The van der Waals surface area contributed by atoms with Gasteiger partial charge in [-0.2, -0.15) is 10.2 Å². The van der Waals surface area contributed by atoms with Gasteiger partial charge in [-0.25, -0.2) is 0 Å². The highest BCUT2D eigenvalue weighted by atomic mass is 16.2. The van der Waals surface area contributed by atoms with Crippen LogP contribution in [0.1, 0.15) is 37.4 Å². The first-order chi connectivity index (χ1) is 17.8. The molecule has 6 rings (SSSR count). The molecule has 0 bridgehead atoms. The summed E-state index contributed by atoms with van der Waals surface area (Å²) in [7, 11) is 0. The number of hydrogen-bond donors (Lipinski definition) is 0. The lowest BCUT2D eigenvalue weighted by Crippen LogP contribution is -2.45. The second kappa shape index (κ2) is 10.2. The Kier molecular flexibility index (Phi) is 6.47. The molecule has 1 aromatic carbocycles. The van der Waals surface area contributed by atoms with Gasteiger partial charge in [-0.05, 0) is 75.2 Å². The molecule has 0 N–H and O–H groups in total. The molecule has 1 amide bonds. The van der Waals surface area contributed by atoms with E-state index in [-0.39, 0.29) is 5.92 Å². The van der Waals surface area contributed by atoms with E-state index in [0.29, 0.717) is 11.9 Å². The van der Waals surface area contributed by atoms with E-state index in [2.05, 4.69) is 65.9 Å². The molecule has 36 heavy (non-hydrogen) atoms. The predicted octanol–water partition coefficient (Wildman–Crippen LogP) is 4.57. The number of benzene rings is 1. The minimum absolute atomic E-state index is 0.135. The normalized spacial score (nSPS) is 18.1. The van der Waals surface area contributed by atoms with Crippen LogP contribution in [0.3, 0.4) is 0 Å². The first kappa shape index (κ1) is 22.9. The van der Waals surface area contributed by atoms with Gasteiger partial charge in [-0.3, -0.25) is 14.7 Å². The van der Waals surface area contributed by atoms with E-state index >= 15 is 0 Å². The van der Waals surface area contributed by atoms with Gasteiger partial charge in [0.15, 0.2) is 0 Å². The van der Waals surface area contributed by atoms with Gasteiger partial charge in [0.2, 0.25) is 5.91 Å². The van der Waals surface area contributed by atoms with Crippen molar-refractivity contribution in [3.8, 4) is 11.4 Å². The van der Waals surface area contributed by atoms with Crippen LogP contribution in [0.2, 0.25) is 0 Å². The van der Waals surface area contributed by atoms with Crippen LogP contribution in [-0.2, 0) is 11.3 Å². The van der Waals surface area contributed by atoms with Crippen LogP contribution in [0, 0.1) is 5.92 Å². The Morgan fingerprint density at radius 3 is 2.42 bits per heavy atom. The number of carbonyl (C=O) groups is 1. The van der Waals surface area contributed by atoms with Gasteiger partial charge >= 0.3 is 0 Å². The van der Waals surface area contributed by atoms with E-state index in [1.54, 1.807) is 6.20 Å². The fourth-order valence-electron chi connectivity index (χ4n) is 5.87. The minimum atomic E-state index is 0.135. The van der Waals surface area contributed by atoms with Gasteiger partial charge in [0.05, 0.1) is 17.1 Å². The smallest absolute Gasteiger partial charge is 0.225 e. The van der Waals surface area contributed by atoms with Crippen molar-refractivity contribution in [2.75, 3.05) is 26.2 Å². The molecule has 2 fully saturated rings. The van der Waals surface area contributed by atoms with Crippen LogP contribution < -0.4 is 0 Å². The molecule has 0 aliphatic carbocycles. The zero-order valence-corrected chi connectivity index (χ0v) is 20.5. The molecule has 0 atom stereocenters. The number of para-hydroxylation sites is 1. The lowest BCUT2D eigenvalue weighted by molar-refractivity contribution is -0.138. The first-order valence-electron chi connectivity index (χ1n) is 13.1. The molecule has 0 unspecified atom stereocenters. The molecular weight excluding hydrogens is 448 g/mol. The average Bonchev–Trinajstić information content (AvgIpc) is 3.34. The van der Waals surface area contributed by atoms with E-state index < -0.39 is 0 Å². The third kappa shape index (κ3) is 4.63. The Morgan fingerprint density at radius 2 is 1.67 bits per heavy atom. The van der Waals surface area contributed by atoms with Gasteiger partial charge in [0, 0.05) is 54.9 Å². The molecule has 0 spiro atoms. The van der Waals surface area contributed by atoms with Crippen LogP contribution in [-0.4, -0.2) is 61.6 Å². The number of piperidine rings is 2. The van der Waals surface area contributed by atoms with E-state index in [1.807, 2.05) is 30.5 Å². The number of fused-ring (bicyclic) bond motifs is 1. The lowest BCUT2D eigenvalue weighted by Gasteiger charge is -2.38. The number of rotatable bonds is 5. The van der Waals surface area contributed by atoms with Crippen molar-refractivity contribution < 1.29 is 4.79 Å². The predicted molar refractivity (Wildman–Crippen MR) is 140 cm³/mol.